The van der Waals surface area contributed by atoms with Gasteiger partial charge >= 0.3 is 5.72 Å². The number of benzene rings is 3. The van der Waals surface area contributed by atoms with Crippen LogP contribution in [-0.2, 0) is 15.4 Å². The third-order valence-electron chi connectivity index (χ3n) is 4.84. The van der Waals surface area contributed by atoms with Crippen molar-refractivity contribution >= 4 is 70.9 Å². The summed E-state index contributed by atoms with van der Waals surface area (Å²) < 4.78 is 2.64. The van der Waals surface area contributed by atoms with Gasteiger partial charge in [0.15, 0.2) is 5.84 Å². The number of anilines is 2. The van der Waals surface area contributed by atoms with Crippen molar-refractivity contribution in [2.24, 2.45) is 5.16 Å². The molecule has 5 nitrogen and oxygen atoms in total. The molecular formula is C21H12Br3N3O2. The molecular weight excluding hydrogens is 566 g/mol. The highest BCUT2D eigenvalue weighted by Gasteiger charge is 2.60. The fourth-order valence-corrected chi connectivity index (χ4v) is 4.76. The zero-order valence-corrected chi connectivity index (χ0v) is 19.5. The molecule has 0 saturated heterocycles. The smallest absolute Gasteiger partial charge is 0.322 e. The van der Waals surface area contributed by atoms with Crippen molar-refractivity contribution in [2.75, 3.05) is 10.2 Å². The van der Waals surface area contributed by atoms with E-state index in [2.05, 4.69) is 58.3 Å². The van der Waals surface area contributed by atoms with Crippen molar-refractivity contribution in [3.8, 4) is 0 Å². The van der Waals surface area contributed by atoms with E-state index in [1.165, 1.54) is 0 Å². The van der Waals surface area contributed by atoms with Crippen LogP contribution in [0.1, 0.15) is 11.1 Å². The molecule has 1 spiro atoms. The number of carbonyl (C=O) groups excluding carboxylic acids is 1. The van der Waals surface area contributed by atoms with Crippen LogP contribution in [0, 0.1) is 0 Å². The van der Waals surface area contributed by atoms with Crippen molar-refractivity contribution in [3.63, 3.8) is 0 Å². The molecule has 144 valence electrons. The molecule has 5 rings (SSSR count). The lowest BCUT2D eigenvalue weighted by molar-refractivity contribution is -0.137. The number of halogens is 3. The highest BCUT2D eigenvalue weighted by atomic mass is 79.9. The van der Waals surface area contributed by atoms with Crippen LogP contribution < -0.4 is 10.2 Å². The summed E-state index contributed by atoms with van der Waals surface area (Å²) in [7, 11) is 0. The fraction of sp³-hybridized carbons (Fsp3) is 0.0476. The van der Waals surface area contributed by atoms with Gasteiger partial charge in [0.25, 0.3) is 5.91 Å². The predicted octanol–water partition coefficient (Wildman–Crippen LogP) is 5.98. The number of nitrogens with one attached hydrogen (secondary N) is 1. The molecule has 29 heavy (non-hydrogen) atoms. The Bertz CT molecular complexity index is 1200. The van der Waals surface area contributed by atoms with Crippen LogP contribution in [0.5, 0.6) is 0 Å². The monoisotopic (exact) mass is 575 g/mol. The number of rotatable bonds is 2. The number of carbonyl (C=O) groups is 1. The largest absolute Gasteiger partial charge is 0.349 e. The molecule has 3 aromatic rings. The van der Waals surface area contributed by atoms with Gasteiger partial charge in [-0.25, -0.2) is 0 Å². The highest BCUT2D eigenvalue weighted by molar-refractivity contribution is 9.11. The average molecular weight is 578 g/mol. The standard InChI is InChI=1S/C21H12Br3N3O2/c22-13-4-1-3-12(9-13)19-26-29-21(27(19)16-6-2-5-14(23)10-16)17-11-15(24)7-8-18(17)25-20(21)28/h1-11H,(H,25,28)/t21-/m0/s1. The zero-order chi connectivity index (χ0) is 20.2. The van der Waals surface area contributed by atoms with E-state index in [9.17, 15) is 4.79 Å². The van der Waals surface area contributed by atoms with E-state index in [0.29, 0.717) is 17.1 Å². The van der Waals surface area contributed by atoms with Gasteiger partial charge in [0.05, 0.1) is 11.3 Å². The quantitative estimate of drug-likeness (QED) is 0.408. The van der Waals surface area contributed by atoms with Gasteiger partial charge in [-0.2, -0.15) is 0 Å². The Labute approximate surface area is 192 Å². The van der Waals surface area contributed by atoms with E-state index in [-0.39, 0.29) is 5.91 Å². The summed E-state index contributed by atoms with van der Waals surface area (Å²) in [5, 5.41) is 7.31. The number of hydrogen-bond donors (Lipinski definition) is 1. The molecule has 0 saturated carbocycles. The molecule has 0 aliphatic carbocycles. The number of hydrogen-bond acceptors (Lipinski definition) is 4. The molecule has 0 bridgehead atoms. The first-order valence-electron chi connectivity index (χ1n) is 8.68. The molecule has 8 heteroatoms. The zero-order valence-electron chi connectivity index (χ0n) is 14.7. The number of fused-ring (bicyclic) bond motifs is 2. The molecule has 0 unspecified atom stereocenters. The SMILES string of the molecule is O=C1Nc2ccc(Br)cc2[C@]12ON=C(c1cccc(Br)c1)N2c1cccc(Br)c1. The number of nitrogens with zero attached hydrogens (tertiary/aromatic N) is 2. The van der Waals surface area contributed by atoms with Gasteiger partial charge in [0.2, 0.25) is 0 Å². The molecule has 2 heterocycles. The number of amidine groups is 1. The van der Waals surface area contributed by atoms with Crippen LogP contribution in [0.2, 0.25) is 0 Å². The first-order chi connectivity index (χ1) is 14.0. The van der Waals surface area contributed by atoms with Crippen molar-refractivity contribution in [3.05, 3.63) is 91.3 Å². The van der Waals surface area contributed by atoms with E-state index in [1.54, 1.807) is 0 Å². The number of oxime groups is 1. The van der Waals surface area contributed by atoms with Crippen LogP contribution in [0.3, 0.4) is 0 Å². The Morgan fingerprint density at radius 2 is 1.62 bits per heavy atom. The van der Waals surface area contributed by atoms with Gasteiger partial charge in [-0.15, -0.1) is 0 Å². The maximum atomic E-state index is 13.3. The van der Waals surface area contributed by atoms with Gasteiger partial charge in [-0.05, 0) is 48.5 Å². The summed E-state index contributed by atoms with van der Waals surface area (Å²) >= 11 is 10.5. The third-order valence-corrected chi connectivity index (χ3v) is 6.32. The second-order valence-electron chi connectivity index (χ2n) is 6.62. The van der Waals surface area contributed by atoms with Crippen LogP contribution in [0.4, 0.5) is 11.4 Å². The predicted molar refractivity (Wildman–Crippen MR) is 123 cm³/mol. The molecule has 2 aliphatic rings. The van der Waals surface area contributed by atoms with Crippen molar-refractivity contribution in [2.45, 2.75) is 5.72 Å². The first-order valence-corrected chi connectivity index (χ1v) is 11.1. The molecule has 1 N–H and O–H groups in total. The molecule has 0 aromatic heterocycles. The maximum absolute atomic E-state index is 13.3. The van der Waals surface area contributed by atoms with E-state index < -0.39 is 5.72 Å². The Morgan fingerprint density at radius 1 is 0.897 bits per heavy atom. The topological polar surface area (TPSA) is 53.9 Å². The van der Waals surface area contributed by atoms with Crippen molar-refractivity contribution in [1.82, 2.24) is 0 Å². The summed E-state index contributed by atoms with van der Waals surface area (Å²) in [6.45, 7) is 0. The van der Waals surface area contributed by atoms with Crippen molar-refractivity contribution in [1.29, 1.82) is 0 Å². The van der Waals surface area contributed by atoms with E-state index in [0.717, 1.165) is 24.7 Å². The van der Waals surface area contributed by atoms with Gasteiger partial charge in [-0.3, -0.25) is 9.69 Å². The minimum Gasteiger partial charge on any atom is -0.349 e. The third kappa shape index (κ3) is 2.93. The second kappa shape index (κ2) is 6.97. The molecule has 1 atom stereocenters. The molecule has 3 aromatic carbocycles. The van der Waals surface area contributed by atoms with Gasteiger partial charge < -0.3 is 10.2 Å². The summed E-state index contributed by atoms with van der Waals surface area (Å²) in [4.78, 5) is 21.1. The fourth-order valence-electron chi connectivity index (χ4n) is 3.62. The normalized spacial score (nSPS) is 19.8. The minimum atomic E-state index is -1.43. The highest BCUT2D eigenvalue weighted by Crippen LogP contribution is 2.48. The summed E-state index contributed by atoms with van der Waals surface area (Å²) in [6.07, 6.45) is 0. The molecule has 0 fully saturated rings. The lowest BCUT2D eigenvalue weighted by Gasteiger charge is -2.32. The van der Waals surface area contributed by atoms with E-state index in [4.69, 9.17) is 4.84 Å². The molecule has 0 radical (unpaired) electrons. The lowest BCUT2D eigenvalue weighted by atomic mass is 10.00. The Morgan fingerprint density at radius 3 is 2.38 bits per heavy atom. The summed E-state index contributed by atoms with van der Waals surface area (Å²) in [6, 6.07) is 21.1. The van der Waals surface area contributed by atoms with Gasteiger partial charge in [0, 0.05) is 24.7 Å². The second-order valence-corrected chi connectivity index (χ2v) is 9.37. The first kappa shape index (κ1) is 18.8. The van der Waals surface area contributed by atoms with Crippen LogP contribution >= 0.6 is 47.8 Å². The minimum absolute atomic E-state index is 0.292. The lowest BCUT2D eigenvalue weighted by Crippen LogP contribution is -2.51. The Balaban J connectivity index is 1.76. The van der Waals surface area contributed by atoms with Crippen LogP contribution in [-0.4, -0.2) is 11.7 Å². The van der Waals surface area contributed by atoms with E-state index >= 15 is 0 Å². The summed E-state index contributed by atoms with van der Waals surface area (Å²) in [5.41, 5.74) is 1.57. The average Bonchev–Trinajstić information content (AvgIpc) is 3.22. The Kier molecular flexibility index (Phi) is 4.53. The van der Waals surface area contributed by atoms with Gasteiger partial charge in [-0.1, -0.05) is 71.1 Å². The molecule has 1 amide bonds. The van der Waals surface area contributed by atoms with Crippen molar-refractivity contribution < 1.29 is 9.63 Å². The Hall–Kier alpha value is -2.16. The summed E-state index contributed by atoms with van der Waals surface area (Å²) in [5.74, 6) is 0.256. The van der Waals surface area contributed by atoms with Crippen LogP contribution in [0.25, 0.3) is 0 Å². The van der Waals surface area contributed by atoms with E-state index in [1.807, 2.05) is 71.6 Å². The van der Waals surface area contributed by atoms with Gasteiger partial charge in [0.1, 0.15) is 0 Å². The number of amides is 1. The molecule has 2 aliphatic heterocycles. The van der Waals surface area contributed by atoms with Crippen LogP contribution in [0.15, 0.2) is 85.3 Å². The maximum Gasteiger partial charge on any atom is 0.322 e.